The van der Waals surface area contributed by atoms with E-state index in [0.29, 0.717) is 9.85 Å². The SMILES string of the molecule is CC(Br)CN(C)c1ncccc1Cl. The standard InChI is InChI=1S/C9H12BrClN2/c1-7(10)6-13(2)9-8(11)4-3-5-12-9/h3-5,7H,6H2,1-2H3. The predicted molar refractivity (Wildman–Crippen MR) is 60.9 cm³/mol. The molecule has 0 saturated carbocycles. The van der Waals surface area contributed by atoms with Crippen molar-refractivity contribution < 1.29 is 0 Å². The second-order valence-corrected chi connectivity index (χ2v) is 4.94. The van der Waals surface area contributed by atoms with Gasteiger partial charge in [0.2, 0.25) is 0 Å². The third kappa shape index (κ3) is 3.16. The number of rotatable bonds is 3. The quantitative estimate of drug-likeness (QED) is 0.780. The first-order valence-electron chi connectivity index (χ1n) is 4.07. The summed E-state index contributed by atoms with van der Waals surface area (Å²) in [6.07, 6.45) is 1.75. The number of halogens is 2. The van der Waals surface area contributed by atoms with Gasteiger partial charge in [0.05, 0.1) is 5.02 Å². The Morgan fingerprint density at radius 2 is 2.38 bits per heavy atom. The van der Waals surface area contributed by atoms with Crippen molar-refractivity contribution in [2.24, 2.45) is 0 Å². The maximum absolute atomic E-state index is 5.98. The Hall–Kier alpha value is -0.280. The molecule has 0 N–H and O–H groups in total. The molecule has 2 nitrogen and oxygen atoms in total. The highest BCUT2D eigenvalue weighted by molar-refractivity contribution is 9.09. The van der Waals surface area contributed by atoms with Crippen molar-refractivity contribution in [1.82, 2.24) is 4.98 Å². The number of aromatic nitrogens is 1. The van der Waals surface area contributed by atoms with Crippen LogP contribution in [0.15, 0.2) is 18.3 Å². The molecule has 0 spiro atoms. The molecule has 1 aromatic heterocycles. The summed E-state index contributed by atoms with van der Waals surface area (Å²) in [5, 5.41) is 0.693. The average molecular weight is 264 g/mol. The minimum Gasteiger partial charge on any atom is -0.357 e. The van der Waals surface area contributed by atoms with Crippen molar-refractivity contribution in [3.05, 3.63) is 23.4 Å². The lowest BCUT2D eigenvalue weighted by atomic mass is 10.4. The lowest BCUT2D eigenvalue weighted by molar-refractivity contribution is 0.861. The molecule has 0 aliphatic carbocycles. The molecule has 1 unspecified atom stereocenters. The van der Waals surface area contributed by atoms with Crippen LogP contribution in [0.25, 0.3) is 0 Å². The molecule has 1 rings (SSSR count). The maximum Gasteiger partial charge on any atom is 0.147 e. The third-order valence-electron chi connectivity index (χ3n) is 1.63. The zero-order chi connectivity index (χ0) is 9.84. The summed E-state index contributed by atoms with van der Waals surface area (Å²) in [7, 11) is 1.98. The van der Waals surface area contributed by atoms with Crippen molar-refractivity contribution in [3.63, 3.8) is 0 Å². The summed E-state index contributed by atoms with van der Waals surface area (Å²) >= 11 is 9.47. The van der Waals surface area contributed by atoms with Crippen molar-refractivity contribution in [2.45, 2.75) is 11.8 Å². The molecule has 0 fully saturated rings. The lowest BCUT2D eigenvalue weighted by Gasteiger charge is -2.20. The third-order valence-corrected chi connectivity index (χ3v) is 2.21. The number of alkyl halides is 1. The monoisotopic (exact) mass is 262 g/mol. The molecule has 0 amide bonds. The number of nitrogens with zero attached hydrogens (tertiary/aromatic N) is 2. The first kappa shape index (κ1) is 10.8. The highest BCUT2D eigenvalue weighted by atomic mass is 79.9. The van der Waals surface area contributed by atoms with Crippen molar-refractivity contribution in [1.29, 1.82) is 0 Å². The smallest absolute Gasteiger partial charge is 0.147 e. The maximum atomic E-state index is 5.98. The molecular formula is C9H12BrClN2. The first-order chi connectivity index (χ1) is 6.11. The van der Waals surface area contributed by atoms with E-state index in [1.54, 1.807) is 6.20 Å². The van der Waals surface area contributed by atoms with Gasteiger partial charge in [0.1, 0.15) is 5.82 Å². The van der Waals surface area contributed by atoms with E-state index >= 15 is 0 Å². The van der Waals surface area contributed by atoms with Crippen LogP contribution >= 0.6 is 27.5 Å². The van der Waals surface area contributed by atoms with Crippen LogP contribution in [-0.2, 0) is 0 Å². The minimum absolute atomic E-state index is 0.426. The fourth-order valence-electron chi connectivity index (χ4n) is 1.12. The van der Waals surface area contributed by atoms with Gasteiger partial charge in [-0.2, -0.15) is 0 Å². The number of hydrogen-bond donors (Lipinski definition) is 0. The van der Waals surface area contributed by atoms with Crippen LogP contribution in [0.3, 0.4) is 0 Å². The summed E-state index contributed by atoms with van der Waals surface area (Å²) in [5.74, 6) is 0.829. The van der Waals surface area contributed by atoms with Gasteiger partial charge in [-0.25, -0.2) is 4.98 Å². The van der Waals surface area contributed by atoms with Gasteiger partial charge in [-0.15, -0.1) is 0 Å². The number of pyridine rings is 1. The summed E-state index contributed by atoms with van der Waals surface area (Å²) in [5.41, 5.74) is 0. The largest absolute Gasteiger partial charge is 0.357 e. The molecular weight excluding hydrogens is 251 g/mol. The second kappa shape index (κ2) is 4.82. The van der Waals surface area contributed by atoms with E-state index in [1.807, 2.05) is 24.1 Å². The second-order valence-electron chi connectivity index (χ2n) is 2.97. The van der Waals surface area contributed by atoms with E-state index in [-0.39, 0.29) is 0 Å². The molecule has 1 heterocycles. The zero-order valence-corrected chi connectivity index (χ0v) is 10.0. The first-order valence-corrected chi connectivity index (χ1v) is 5.36. The Morgan fingerprint density at radius 3 is 2.92 bits per heavy atom. The molecule has 0 radical (unpaired) electrons. The average Bonchev–Trinajstić information content (AvgIpc) is 2.03. The Morgan fingerprint density at radius 1 is 1.69 bits per heavy atom. The van der Waals surface area contributed by atoms with E-state index in [9.17, 15) is 0 Å². The highest BCUT2D eigenvalue weighted by Crippen LogP contribution is 2.21. The van der Waals surface area contributed by atoms with E-state index in [1.165, 1.54) is 0 Å². The van der Waals surface area contributed by atoms with E-state index in [0.717, 1.165) is 12.4 Å². The summed E-state index contributed by atoms with van der Waals surface area (Å²) in [6, 6.07) is 3.68. The number of hydrogen-bond acceptors (Lipinski definition) is 2. The van der Waals surface area contributed by atoms with Crippen LogP contribution in [0, 0.1) is 0 Å². The van der Waals surface area contributed by atoms with Crippen LogP contribution in [0.1, 0.15) is 6.92 Å². The van der Waals surface area contributed by atoms with Crippen LogP contribution in [0.5, 0.6) is 0 Å². The van der Waals surface area contributed by atoms with Gasteiger partial charge in [-0.3, -0.25) is 0 Å². The van der Waals surface area contributed by atoms with Gasteiger partial charge in [-0.05, 0) is 12.1 Å². The Kier molecular flexibility index (Phi) is 4.00. The Labute approximate surface area is 92.0 Å². The van der Waals surface area contributed by atoms with Crippen LogP contribution in [0.2, 0.25) is 5.02 Å². The van der Waals surface area contributed by atoms with Gasteiger partial charge in [-0.1, -0.05) is 34.5 Å². The molecule has 0 aliphatic heterocycles. The van der Waals surface area contributed by atoms with E-state index in [4.69, 9.17) is 11.6 Å². The van der Waals surface area contributed by atoms with Gasteiger partial charge in [0.25, 0.3) is 0 Å². The van der Waals surface area contributed by atoms with Crippen LogP contribution < -0.4 is 4.90 Å². The fourth-order valence-corrected chi connectivity index (χ4v) is 1.82. The van der Waals surface area contributed by atoms with Crippen LogP contribution in [0.4, 0.5) is 5.82 Å². The van der Waals surface area contributed by atoms with Crippen LogP contribution in [-0.4, -0.2) is 23.4 Å². The fraction of sp³-hybridized carbons (Fsp3) is 0.444. The van der Waals surface area contributed by atoms with Gasteiger partial charge in [0.15, 0.2) is 0 Å². The molecule has 0 aromatic carbocycles. The molecule has 1 aromatic rings. The molecule has 0 saturated heterocycles. The molecule has 1 atom stereocenters. The van der Waals surface area contributed by atoms with Gasteiger partial charge >= 0.3 is 0 Å². The molecule has 72 valence electrons. The molecule has 0 bridgehead atoms. The predicted octanol–water partition coefficient (Wildman–Crippen LogP) is 2.95. The molecule has 13 heavy (non-hydrogen) atoms. The summed E-state index contributed by atoms with van der Waals surface area (Å²) in [4.78, 5) is 6.66. The Bertz CT molecular complexity index is 278. The van der Waals surface area contributed by atoms with Gasteiger partial charge < -0.3 is 4.90 Å². The molecule has 4 heteroatoms. The van der Waals surface area contributed by atoms with Gasteiger partial charge in [0, 0.05) is 24.6 Å². The summed E-state index contributed by atoms with van der Waals surface area (Å²) in [6.45, 7) is 2.98. The van der Waals surface area contributed by atoms with E-state index in [2.05, 4.69) is 27.8 Å². The highest BCUT2D eigenvalue weighted by Gasteiger charge is 2.08. The van der Waals surface area contributed by atoms with Crippen molar-refractivity contribution in [3.8, 4) is 0 Å². The topological polar surface area (TPSA) is 16.1 Å². The number of anilines is 1. The normalized spacial score (nSPS) is 12.6. The molecule has 0 aliphatic rings. The summed E-state index contributed by atoms with van der Waals surface area (Å²) < 4.78 is 0. The zero-order valence-electron chi connectivity index (χ0n) is 7.67. The minimum atomic E-state index is 0.426. The lowest BCUT2D eigenvalue weighted by Crippen LogP contribution is -2.24. The van der Waals surface area contributed by atoms with E-state index < -0.39 is 0 Å². The Balaban J connectivity index is 2.76. The van der Waals surface area contributed by atoms with Crippen molar-refractivity contribution in [2.75, 3.05) is 18.5 Å². The van der Waals surface area contributed by atoms with Crippen molar-refractivity contribution >= 4 is 33.3 Å².